The molecule has 3 amide bonds. The van der Waals surface area contributed by atoms with Gasteiger partial charge in [-0.3, -0.25) is 14.4 Å². The molecule has 1 saturated heterocycles. The van der Waals surface area contributed by atoms with Crippen molar-refractivity contribution in [1.29, 1.82) is 0 Å². The molecule has 1 N–H and O–H groups in total. The van der Waals surface area contributed by atoms with E-state index in [4.69, 9.17) is 18.9 Å². The van der Waals surface area contributed by atoms with Gasteiger partial charge >= 0.3 is 0 Å². The molecule has 10 nitrogen and oxygen atoms in total. The summed E-state index contributed by atoms with van der Waals surface area (Å²) in [6.07, 6.45) is 4.45. The number of fused-ring (bicyclic) bond motifs is 8. The largest absolute Gasteiger partial charge is 0.494 e. The minimum Gasteiger partial charge on any atom is -0.494 e. The van der Waals surface area contributed by atoms with Gasteiger partial charge in [-0.05, 0) is 97.3 Å². The molecule has 0 spiro atoms. The molecule has 7 rings (SSSR count). The zero-order chi connectivity index (χ0) is 31.2. The van der Waals surface area contributed by atoms with Gasteiger partial charge in [0.25, 0.3) is 17.7 Å². The van der Waals surface area contributed by atoms with Gasteiger partial charge in [0.15, 0.2) is 24.7 Å². The molecule has 0 saturated carbocycles. The van der Waals surface area contributed by atoms with Crippen LogP contribution in [-0.4, -0.2) is 80.6 Å². The molecule has 0 aliphatic carbocycles. The fourth-order valence-electron chi connectivity index (χ4n) is 6.18. The highest BCUT2D eigenvalue weighted by Crippen LogP contribution is 2.42. The minimum atomic E-state index is -0.415. The number of likely N-dealkylation sites (tertiary alicyclic amines) is 1. The maximum absolute atomic E-state index is 14.1. The first kappa shape index (κ1) is 30.3. The zero-order valence-electron chi connectivity index (χ0n) is 25.6. The second-order valence-electron chi connectivity index (χ2n) is 11.5. The van der Waals surface area contributed by atoms with Crippen LogP contribution in [0.15, 0.2) is 60.7 Å². The molecule has 236 valence electrons. The van der Waals surface area contributed by atoms with Crippen LogP contribution in [0, 0.1) is 0 Å². The third-order valence-corrected chi connectivity index (χ3v) is 8.53. The summed E-state index contributed by atoms with van der Waals surface area (Å²) in [7, 11) is 1.56. The normalized spacial score (nSPS) is 18.3. The fourth-order valence-corrected chi connectivity index (χ4v) is 6.18. The van der Waals surface area contributed by atoms with E-state index in [1.807, 2.05) is 46.2 Å². The molecular formula is C35H39N3O7. The number of carbonyl (C=O) groups is 3. The summed E-state index contributed by atoms with van der Waals surface area (Å²) < 4.78 is 23.4. The summed E-state index contributed by atoms with van der Waals surface area (Å²) in [6, 6.07) is 18.2. The monoisotopic (exact) mass is 613 g/mol. The van der Waals surface area contributed by atoms with E-state index >= 15 is 0 Å². The van der Waals surface area contributed by atoms with E-state index in [1.54, 1.807) is 31.4 Å². The molecule has 0 radical (unpaired) electrons. The van der Waals surface area contributed by atoms with E-state index in [0.29, 0.717) is 61.1 Å². The second kappa shape index (κ2) is 13.9. The Morgan fingerprint density at radius 3 is 2.58 bits per heavy atom. The zero-order valence-corrected chi connectivity index (χ0v) is 25.6. The summed E-state index contributed by atoms with van der Waals surface area (Å²) in [5, 5.41) is 2.86. The lowest BCUT2D eigenvalue weighted by Crippen LogP contribution is -2.40. The van der Waals surface area contributed by atoms with E-state index in [2.05, 4.69) is 5.32 Å². The van der Waals surface area contributed by atoms with Crippen LogP contribution in [0.2, 0.25) is 0 Å². The predicted octanol–water partition coefficient (Wildman–Crippen LogP) is 4.15. The van der Waals surface area contributed by atoms with Gasteiger partial charge in [0, 0.05) is 31.7 Å². The predicted molar refractivity (Wildman–Crippen MR) is 167 cm³/mol. The quantitative estimate of drug-likeness (QED) is 0.461. The Kier molecular flexibility index (Phi) is 9.38. The Balaban J connectivity index is 1.28. The van der Waals surface area contributed by atoms with Crippen LogP contribution in [0.4, 0.5) is 0 Å². The molecular weight excluding hydrogens is 574 g/mol. The molecule has 4 heterocycles. The summed E-state index contributed by atoms with van der Waals surface area (Å²) in [5.41, 5.74) is 3.36. The van der Waals surface area contributed by atoms with Crippen molar-refractivity contribution in [3.63, 3.8) is 0 Å². The molecule has 1 atom stereocenters. The number of amides is 3. The highest BCUT2D eigenvalue weighted by molar-refractivity contribution is 5.95. The van der Waals surface area contributed by atoms with E-state index in [0.717, 1.165) is 49.0 Å². The molecule has 4 aliphatic heterocycles. The van der Waals surface area contributed by atoms with Gasteiger partial charge in [-0.1, -0.05) is 12.1 Å². The van der Waals surface area contributed by atoms with Crippen molar-refractivity contribution in [2.75, 3.05) is 53.1 Å². The molecule has 3 aromatic carbocycles. The van der Waals surface area contributed by atoms with Crippen molar-refractivity contribution in [2.24, 2.45) is 0 Å². The number of piperidine rings is 1. The third-order valence-electron chi connectivity index (χ3n) is 8.53. The van der Waals surface area contributed by atoms with E-state index in [1.165, 1.54) is 0 Å². The van der Waals surface area contributed by atoms with Crippen molar-refractivity contribution in [3.8, 4) is 23.0 Å². The van der Waals surface area contributed by atoms with Crippen LogP contribution >= 0.6 is 0 Å². The van der Waals surface area contributed by atoms with Gasteiger partial charge in [-0.2, -0.15) is 0 Å². The van der Waals surface area contributed by atoms with Crippen molar-refractivity contribution in [3.05, 3.63) is 82.9 Å². The van der Waals surface area contributed by atoms with Gasteiger partial charge in [-0.25, -0.2) is 0 Å². The first-order valence-corrected chi connectivity index (χ1v) is 15.6. The lowest BCUT2D eigenvalue weighted by atomic mass is 9.87. The first-order valence-electron chi connectivity index (χ1n) is 15.6. The molecule has 4 aliphatic rings. The molecule has 3 aromatic rings. The van der Waals surface area contributed by atoms with Gasteiger partial charge in [0.2, 0.25) is 0 Å². The van der Waals surface area contributed by atoms with Gasteiger partial charge in [0.1, 0.15) is 11.5 Å². The Bertz CT molecular complexity index is 1530. The number of carbonyl (C=O) groups excluding carboxylic acids is 3. The Morgan fingerprint density at radius 2 is 1.78 bits per heavy atom. The molecule has 1 unspecified atom stereocenters. The number of hydrogen-bond acceptors (Lipinski definition) is 7. The summed E-state index contributed by atoms with van der Waals surface area (Å²) in [5.74, 6) is 1.85. The molecule has 6 bridgehead atoms. The average molecular weight is 614 g/mol. The number of nitrogens with zero attached hydrogens (tertiary/aromatic N) is 2. The maximum atomic E-state index is 14.1. The molecule has 1 fully saturated rings. The van der Waals surface area contributed by atoms with Crippen molar-refractivity contribution in [2.45, 2.75) is 38.1 Å². The van der Waals surface area contributed by atoms with Gasteiger partial charge < -0.3 is 34.1 Å². The number of hydrogen-bond donors (Lipinski definition) is 1. The first-order chi connectivity index (χ1) is 22.0. The second-order valence-corrected chi connectivity index (χ2v) is 11.5. The van der Waals surface area contributed by atoms with Crippen LogP contribution in [0.5, 0.6) is 23.0 Å². The average Bonchev–Trinajstić information content (AvgIpc) is 3.08. The number of nitrogens with one attached hydrogen (secondary N) is 1. The van der Waals surface area contributed by atoms with E-state index < -0.39 is 6.04 Å². The Labute approximate surface area is 263 Å². The SMILES string of the molecule is COc1cc2c3cc1OCC(=O)NCCCOc1cccc(c1)C2N(C(=O)c1ccc(OCC(=O)N2CCCCC2)cc1)CC3. The van der Waals surface area contributed by atoms with E-state index in [-0.39, 0.29) is 30.9 Å². The molecule has 10 heteroatoms. The molecule has 45 heavy (non-hydrogen) atoms. The Hall–Kier alpha value is -4.73. The molecule has 0 aromatic heterocycles. The summed E-state index contributed by atoms with van der Waals surface area (Å²) in [6.45, 7) is 2.78. The van der Waals surface area contributed by atoms with Crippen LogP contribution in [0.1, 0.15) is 58.8 Å². The highest BCUT2D eigenvalue weighted by Gasteiger charge is 2.34. The highest BCUT2D eigenvalue weighted by atomic mass is 16.5. The number of benzene rings is 3. The van der Waals surface area contributed by atoms with Crippen LogP contribution in [-0.2, 0) is 16.0 Å². The fraction of sp³-hybridized carbons (Fsp3) is 0.400. The topological polar surface area (TPSA) is 107 Å². The van der Waals surface area contributed by atoms with Crippen molar-refractivity contribution >= 4 is 17.7 Å². The lowest BCUT2D eigenvalue weighted by Gasteiger charge is -2.38. The van der Waals surface area contributed by atoms with Crippen molar-refractivity contribution in [1.82, 2.24) is 15.1 Å². The summed E-state index contributed by atoms with van der Waals surface area (Å²) in [4.78, 5) is 42.8. The van der Waals surface area contributed by atoms with Crippen LogP contribution in [0.3, 0.4) is 0 Å². The van der Waals surface area contributed by atoms with Gasteiger partial charge in [-0.15, -0.1) is 0 Å². The van der Waals surface area contributed by atoms with Crippen LogP contribution < -0.4 is 24.3 Å². The van der Waals surface area contributed by atoms with Crippen LogP contribution in [0.25, 0.3) is 0 Å². The smallest absolute Gasteiger partial charge is 0.260 e. The van der Waals surface area contributed by atoms with Gasteiger partial charge in [0.05, 0.1) is 19.8 Å². The standard InChI is InChI=1S/C35H39N3O7/c1-42-30-21-29-25-13-17-38(35(41)24-9-11-27(12-10-24)44-23-33(40)37-15-3-2-4-16-37)34(29)26-7-5-8-28(19-26)43-18-6-14-36-32(39)22-45-31(30)20-25/h5,7-12,19-21,34H,2-4,6,13-18,22-23H2,1H3,(H,36,39). The number of ether oxygens (including phenoxy) is 4. The van der Waals surface area contributed by atoms with Crippen molar-refractivity contribution < 1.29 is 33.3 Å². The third kappa shape index (κ3) is 7.00. The Morgan fingerprint density at radius 1 is 0.956 bits per heavy atom. The number of rotatable bonds is 5. The lowest BCUT2D eigenvalue weighted by molar-refractivity contribution is -0.134. The maximum Gasteiger partial charge on any atom is 0.260 e. The summed E-state index contributed by atoms with van der Waals surface area (Å²) >= 11 is 0. The minimum absolute atomic E-state index is 0.0136. The van der Waals surface area contributed by atoms with E-state index in [9.17, 15) is 14.4 Å². The number of methoxy groups -OCH3 is 1.